The molecule has 0 saturated carbocycles. The maximum Gasteiger partial charge on any atom is 0.184 e. The quantitative estimate of drug-likeness (QED) is 0.364. The Morgan fingerprint density at radius 1 is 0.875 bits per heavy atom. The largest absolute Gasteiger partial charge is 0.240 e. The van der Waals surface area contributed by atoms with Gasteiger partial charge in [0.15, 0.2) is 5.82 Å². The molecule has 0 atom stereocenters. The predicted octanol–water partition coefficient (Wildman–Crippen LogP) is 5.30. The van der Waals surface area contributed by atoms with Gasteiger partial charge in [-0.25, -0.2) is 4.68 Å². The summed E-state index contributed by atoms with van der Waals surface area (Å²) in [6, 6.07) is 26.4. The number of hydrogen-bond acceptors (Lipinski definition) is 4. The Balaban J connectivity index is 1.59. The Morgan fingerprint density at radius 3 is 2.38 bits per heavy atom. The van der Waals surface area contributed by atoms with Gasteiger partial charge in [0.1, 0.15) is 12.0 Å². The van der Waals surface area contributed by atoms with Crippen LogP contribution in [0.4, 0.5) is 0 Å². The van der Waals surface area contributed by atoms with E-state index in [0.717, 1.165) is 28.1 Å². The fraction of sp³-hybridized carbons (Fsp3) is 0.0769. The van der Waals surface area contributed by atoms with Gasteiger partial charge in [0, 0.05) is 22.9 Å². The molecule has 0 spiro atoms. The molecule has 2 aromatic heterocycles. The molecule has 0 aliphatic heterocycles. The number of rotatable bonds is 5. The first-order valence-corrected chi connectivity index (χ1v) is 10.4. The number of benzene rings is 3. The summed E-state index contributed by atoms with van der Waals surface area (Å²) in [6.07, 6.45) is 5.42. The van der Waals surface area contributed by atoms with Gasteiger partial charge in [0.25, 0.3) is 0 Å². The SMILES string of the molecule is Cc1ccc(-c2nn(-c3ccccc3)cc2/C=N\n2cnnc2-c2ccccc2)c(C)c1. The van der Waals surface area contributed by atoms with Gasteiger partial charge in [-0.15, -0.1) is 10.2 Å². The summed E-state index contributed by atoms with van der Waals surface area (Å²) in [5.74, 6) is 0.686. The second-order valence-electron chi connectivity index (χ2n) is 7.64. The highest BCUT2D eigenvalue weighted by Gasteiger charge is 2.14. The molecule has 0 N–H and O–H groups in total. The van der Waals surface area contributed by atoms with Crippen molar-refractivity contribution in [2.24, 2.45) is 5.10 Å². The summed E-state index contributed by atoms with van der Waals surface area (Å²) >= 11 is 0. The van der Waals surface area contributed by atoms with Crippen LogP contribution in [0.1, 0.15) is 16.7 Å². The van der Waals surface area contributed by atoms with Crippen molar-refractivity contribution in [1.82, 2.24) is 24.7 Å². The smallest absolute Gasteiger partial charge is 0.184 e. The highest BCUT2D eigenvalue weighted by atomic mass is 15.4. The van der Waals surface area contributed by atoms with Crippen molar-refractivity contribution < 1.29 is 0 Å². The van der Waals surface area contributed by atoms with Crippen molar-refractivity contribution in [2.45, 2.75) is 13.8 Å². The summed E-state index contributed by atoms with van der Waals surface area (Å²) in [7, 11) is 0. The molecule has 0 bridgehead atoms. The first kappa shape index (κ1) is 19.6. The minimum Gasteiger partial charge on any atom is -0.240 e. The fourth-order valence-corrected chi connectivity index (χ4v) is 3.70. The van der Waals surface area contributed by atoms with Gasteiger partial charge in [0.05, 0.1) is 11.9 Å². The van der Waals surface area contributed by atoms with Crippen LogP contribution in [0.5, 0.6) is 0 Å². The van der Waals surface area contributed by atoms with Crippen LogP contribution < -0.4 is 0 Å². The molecule has 6 nitrogen and oxygen atoms in total. The van der Waals surface area contributed by atoms with E-state index in [4.69, 9.17) is 5.10 Å². The Morgan fingerprint density at radius 2 is 1.62 bits per heavy atom. The maximum atomic E-state index is 4.91. The first-order chi connectivity index (χ1) is 15.7. The second-order valence-corrected chi connectivity index (χ2v) is 7.64. The molecule has 0 aliphatic carbocycles. The van der Waals surface area contributed by atoms with Gasteiger partial charge in [0.2, 0.25) is 0 Å². The fourth-order valence-electron chi connectivity index (χ4n) is 3.70. The minimum atomic E-state index is 0.686. The minimum absolute atomic E-state index is 0.686. The van der Waals surface area contributed by atoms with Gasteiger partial charge in [-0.1, -0.05) is 72.3 Å². The standard InChI is InChI=1S/C26H22N6/c1-19-13-14-24(20(2)15-19)25-22(17-31(30-25)23-11-7-4-8-12-23)16-28-32-18-27-29-26(32)21-9-5-3-6-10-21/h3-18H,1-2H3/b28-16-. The molecule has 0 aliphatic rings. The summed E-state index contributed by atoms with van der Waals surface area (Å²) in [4.78, 5) is 0. The first-order valence-electron chi connectivity index (χ1n) is 10.4. The van der Waals surface area contributed by atoms with Gasteiger partial charge < -0.3 is 0 Å². The predicted molar refractivity (Wildman–Crippen MR) is 127 cm³/mol. The highest BCUT2D eigenvalue weighted by Crippen LogP contribution is 2.27. The third-order valence-corrected chi connectivity index (χ3v) is 5.28. The van der Waals surface area contributed by atoms with Crippen LogP contribution in [0, 0.1) is 13.8 Å². The molecule has 5 aromatic rings. The summed E-state index contributed by atoms with van der Waals surface area (Å²) < 4.78 is 3.57. The van der Waals surface area contributed by atoms with Crippen molar-refractivity contribution in [1.29, 1.82) is 0 Å². The number of aromatic nitrogens is 5. The zero-order chi connectivity index (χ0) is 21.9. The number of aryl methyl sites for hydroxylation is 2. The van der Waals surface area contributed by atoms with Crippen molar-refractivity contribution in [3.63, 3.8) is 0 Å². The highest BCUT2D eigenvalue weighted by molar-refractivity contribution is 5.89. The molecule has 0 radical (unpaired) electrons. The number of nitrogens with zero attached hydrogens (tertiary/aromatic N) is 6. The van der Waals surface area contributed by atoms with E-state index in [1.54, 1.807) is 11.0 Å². The summed E-state index contributed by atoms with van der Waals surface area (Å²) in [6.45, 7) is 4.21. The van der Waals surface area contributed by atoms with Crippen LogP contribution >= 0.6 is 0 Å². The normalized spacial score (nSPS) is 11.3. The van der Waals surface area contributed by atoms with Crippen molar-refractivity contribution >= 4 is 6.21 Å². The maximum absolute atomic E-state index is 4.91. The van der Waals surface area contributed by atoms with E-state index in [1.165, 1.54) is 11.1 Å². The van der Waals surface area contributed by atoms with Crippen LogP contribution in [0.25, 0.3) is 28.3 Å². The molecule has 0 unspecified atom stereocenters. The van der Waals surface area contributed by atoms with Gasteiger partial charge in [-0.3, -0.25) is 0 Å². The lowest BCUT2D eigenvalue weighted by molar-refractivity contribution is 0.883. The molecule has 0 saturated heterocycles. The van der Waals surface area contributed by atoms with E-state index in [2.05, 4.69) is 47.3 Å². The van der Waals surface area contributed by atoms with Gasteiger partial charge in [-0.2, -0.15) is 14.9 Å². The molecule has 32 heavy (non-hydrogen) atoms. The number of hydrogen-bond donors (Lipinski definition) is 0. The van der Waals surface area contributed by atoms with Crippen LogP contribution in [0.3, 0.4) is 0 Å². The van der Waals surface area contributed by atoms with E-state index >= 15 is 0 Å². The Hall–Kier alpha value is -4.32. The number of para-hydroxylation sites is 1. The Kier molecular flexibility index (Phi) is 5.17. The van der Waals surface area contributed by atoms with Gasteiger partial charge in [-0.05, 0) is 31.5 Å². The van der Waals surface area contributed by atoms with Crippen LogP contribution in [-0.4, -0.2) is 30.9 Å². The van der Waals surface area contributed by atoms with Crippen molar-refractivity contribution in [3.8, 4) is 28.3 Å². The monoisotopic (exact) mass is 418 g/mol. The molecular formula is C26H22N6. The lowest BCUT2D eigenvalue weighted by Gasteiger charge is -2.05. The van der Waals surface area contributed by atoms with E-state index in [9.17, 15) is 0 Å². The summed E-state index contributed by atoms with van der Waals surface area (Å²) in [5.41, 5.74) is 7.22. The third-order valence-electron chi connectivity index (χ3n) is 5.28. The lowest BCUT2D eigenvalue weighted by Crippen LogP contribution is -1.95. The van der Waals surface area contributed by atoms with E-state index in [1.807, 2.05) is 77.8 Å². The average Bonchev–Trinajstić information content (AvgIpc) is 3.46. The molecule has 6 heteroatoms. The molecule has 3 aromatic carbocycles. The van der Waals surface area contributed by atoms with Gasteiger partial charge >= 0.3 is 0 Å². The third kappa shape index (κ3) is 3.86. The second kappa shape index (κ2) is 8.43. The molecule has 156 valence electrons. The summed E-state index contributed by atoms with van der Waals surface area (Å²) in [5, 5.41) is 17.9. The topological polar surface area (TPSA) is 60.9 Å². The molecular weight excluding hydrogens is 396 g/mol. The lowest BCUT2D eigenvalue weighted by atomic mass is 10.0. The molecule has 5 rings (SSSR count). The average molecular weight is 419 g/mol. The Labute approximate surface area is 186 Å². The molecule has 2 heterocycles. The zero-order valence-corrected chi connectivity index (χ0v) is 17.9. The van der Waals surface area contributed by atoms with E-state index < -0.39 is 0 Å². The molecule has 0 fully saturated rings. The van der Waals surface area contributed by atoms with Crippen molar-refractivity contribution in [2.75, 3.05) is 0 Å². The van der Waals surface area contributed by atoms with Crippen LogP contribution in [0.2, 0.25) is 0 Å². The molecule has 0 amide bonds. The van der Waals surface area contributed by atoms with E-state index in [0.29, 0.717) is 5.82 Å². The van der Waals surface area contributed by atoms with E-state index in [-0.39, 0.29) is 0 Å². The van der Waals surface area contributed by atoms with Crippen LogP contribution in [-0.2, 0) is 0 Å². The van der Waals surface area contributed by atoms with Crippen LogP contribution in [0.15, 0.2) is 96.5 Å². The Bertz CT molecular complexity index is 1380. The zero-order valence-electron chi connectivity index (χ0n) is 17.9. The van der Waals surface area contributed by atoms with Crippen molar-refractivity contribution in [3.05, 3.63) is 108 Å².